The molecule has 1 fully saturated rings. The predicted molar refractivity (Wildman–Crippen MR) is 101 cm³/mol. The van der Waals surface area contributed by atoms with Gasteiger partial charge in [-0.25, -0.2) is 4.98 Å². The normalized spacial score (nSPS) is 15.4. The zero-order valence-electron chi connectivity index (χ0n) is 13.4. The van der Waals surface area contributed by atoms with Crippen LogP contribution in [0.4, 0.5) is 0 Å². The Kier molecular flexibility index (Phi) is 5.78. The van der Waals surface area contributed by atoms with Gasteiger partial charge in [0.2, 0.25) is 5.91 Å². The van der Waals surface area contributed by atoms with Crippen LogP contribution in [0.2, 0.25) is 5.02 Å². The van der Waals surface area contributed by atoms with Crippen LogP contribution in [0.3, 0.4) is 0 Å². The first-order chi connectivity index (χ1) is 12.0. The summed E-state index contributed by atoms with van der Waals surface area (Å²) in [4.78, 5) is 28.7. The number of hydrogen-bond donors (Lipinski definition) is 1. The van der Waals surface area contributed by atoms with E-state index in [2.05, 4.69) is 10.3 Å². The van der Waals surface area contributed by atoms with E-state index in [0.717, 1.165) is 26.2 Å². The Hall–Kier alpha value is -1.83. The Balaban J connectivity index is 1.94. The van der Waals surface area contributed by atoms with Gasteiger partial charge in [-0.15, -0.1) is 11.3 Å². The number of halogens is 1. The summed E-state index contributed by atoms with van der Waals surface area (Å²) in [6, 6.07) is 7.31. The minimum atomic E-state index is -0.288. The summed E-state index contributed by atoms with van der Waals surface area (Å²) < 4.78 is 5.05. The number of ether oxygens (including phenoxy) is 1. The number of nitrogens with zero attached hydrogens (tertiary/aromatic N) is 1. The summed E-state index contributed by atoms with van der Waals surface area (Å²) in [5.74, 6) is 0.110. The number of nitrogens with one attached hydrogen (secondary N) is 1. The molecule has 1 amide bonds. The molecule has 0 spiro atoms. The van der Waals surface area contributed by atoms with Crippen molar-refractivity contribution in [1.29, 1.82) is 0 Å². The van der Waals surface area contributed by atoms with Crippen LogP contribution in [-0.2, 0) is 20.7 Å². The number of rotatable bonds is 5. The van der Waals surface area contributed by atoms with Crippen LogP contribution in [0.1, 0.15) is 16.8 Å². The van der Waals surface area contributed by atoms with Gasteiger partial charge in [-0.05, 0) is 19.1 Å². The lowest BCUT2D eigenvalue weighted by molar-refractivity contribution is -0.142. The van der Waals surface area contributed by atoms with Gasteiger partial charge in [0.25, 0.3) is 0 Å². The quantitative estimate of drug-likeness (QED) is 0.782. The second kappa shape index (κ2) is 8.03. The SMILES string of the molecule is CCOC(=O)Cc1sc(/C=C2\NC(=O)CS2)nc1-c1ccc(Cl)cc1. The second-order valence-electron chi connectivity index (χ2n) is 5.16. The minimum Gasteiger partial charge on any atom is -0.466 e. The van der Waals surface area contributed by atoms with Gasteiger partial charge in [-0.3, -0.25) is 9.59 Å². The molecule has 1 saturated heterocycles. The molecule has 5 nitrogen and oxygen atoms in total. The third kappa shape index (κ3) is 4.62. The van der Waals surface area contributed by atoms with E-state index >= 15 is 0 Å². The maximum absolute atomic E-state index is 11.9. The van der Waals surface area contributed by atoms with Gasteiger partial charge in [-0.2, -0.15) is 0 Å². The lowest BCUT2D eigenvalue weighted by Gasteiger charge is -2.03. The second-order valence-corrected chi connectivity index (χ2v) is 7.73. The van der Waals surface area contributed by atoms with Gasteiger partial charge >= 0.3 is 5.97 Å². The van der Waals surface area contributed by atoms with Crippen LogP contribution in [0, 0.1) is 0 Å². The molecule has 1 aliphatic rings. The van der Waals surface area contributed by atoms with E-state index in [1.165, 1.54) is 23.1 Å². The van der Waals surface area contributed by atoms with E-state index in [-0.39, 0.29) is 18.3 Å². The van der Waals surface area contributed by atoms with Crippen molar-refractivity contribution in [3.8, 4) is 11.3 Å². The number of amides is 1. The van der Waals surface area contributed by atoms with Crippen LogP contribution in [0.15, 0.2) is 29.3 Å². The third-order valence-corrected chi connectivity index (χ3v) is 5.51. The van der Waals surface area contributed by atoms with Gasteiger partial charge in [0.05, 0.1) is 29.5 Å². The van der Waals surface area contributed by atoms with Gasteiger partial charge < -0.3 is 10.1 Å². The van der Waals surface area contributed by atoms with Crippen LogP contribution in [0.25, 0.3) is 17.3 Å². The van der Waals surface area contributed by atoms with Gasteiger partial charge in [0.1, 0.15) is 5.01 Å². The molecule has 0 atom stereocenters. The maximum atomic E-state index is 11.9. The first kappa shape index (κ1) is 18.0. The number of benzene rings is 1. The van der Waals surface area contributed by atoms with Gasteiger partial charge in [-0.1, -0.05) is 35.5 Å². The molecule has 0 unspecified atom stereocenters. The fourth-order valence-corrected chi connectivity index (χ4v) is 4.23. The molecule has 1 aromatic carbocycles. The van der Waals surface area contributed by atoms with Crippen LogP contribution < -0.4 is 5.32 Å². The fourth-order valence-electron chi connectivity index (χ4n) is 2.27. The lowest BCUT2D eigenvalue weighted by Crippen LogP contribution is -2.13. The highest BCUT2D eigenvalue weighted by Crippen LogP contribution is 2.32. The zero-order valence-corrected chi connectivity index (χ0v) is 15.8. The molecule has 1 N–H and O–H groups in total. The van der Waals surface area contributed by atoms with Crippen molar-refractivity contribution in [2.45, 2.75) is 13.3 Å². The summed E-state index contributed by atoms with van der Waals surface area (Å²) in [6.07, 6.45) is 1.99. The third-order valence-electron chi connectivity index (χ3n) is 3.32. The van der Waals surface area contributed by atoms with Crippen molar-refractivity contribution in [2.24, 2.45) is 0 Å². The first-order valence-electron chi connectivity index (χ1n) is 7.60. The molecule has 1 aromatic heterocycles. The number of esters is 1. The summed E-state index contributed by atoms with van der Waals surface area (Å²) >= 11 is 8.81. The van der Waals surface area contributed by atoms with E-state index in [9.17, 15) is 9.59 Å². The highest BCUT2D eigenvalue weighted by atomic mass is 35.5. The number of carbonyl (C=O) groups is 2. The molecule has 0 bridgehead atoms. The van der Waals surface area contributed by atoms with Crippen molar-refractivity contribution >= 4 is 52.7 Å². The Labute approximate surface area is 158 Å². The molecular weight excluding hydrogens is 380 g/mol. The molecule has 3 rings (SSSR count). The lowest BCUT2D eigenvalue weighted by atomic mass is 10.1. The zero-order chi connectivity index (χ0) is 17.8. The average Bonchev–Trinajstić information content (AvgIpc) is 3.15. The van der Waals surface area contributed by atoms with Crippen LogP contribution >= 0.6 is 34.7 Å². The molecule has 25 heavy (non-hydrogen) atoms. The number of aromatic nitrogens is 1. The van der Waals surface area contributed by atoms with Crippen molar-refractivity contribution < 1.29 is 14.3 Å². The standard InChI is InChI=1S/C17H15ClN2O3S2/c1-2-23-16(22)7-12-17(10-3-5-11(18)6-4-10)20-15(25-12)8-14-19-13(21)9-24-14/h3-6,8H,2,7,9H2,1H3,(H,19,21)/b14-8+. The molecule has 1 aliphatic heterocycles. The topological polar surface area (TPSA) is 68.3 Å². The molecule has 2 aromatic rings. The van der Waals surface area contributed by atoms with Crippen LogP contribution in [0.5, 0.6) is 0 Å². The van der Waals surface area contributed by atoms with E-state index < -0.39 is 0 Å². The van der Waals surface area contributed by atoms with E-state index in [4.69, 9.17) is 16.3 Å². The van der Waals surface area contributed by atoms with Gasteiger partial charge in [0.15, 0.2) is 0 Å². The molecule has 8 heteroatoms. The smallest absolute Gasteiger partial charge is 0.311 e. The monoisotopic (exact) mass is 394 g/mol. The van der Waals surface area contributed by atoms with E-state index in [1.807, 2.05) is 18.2 Å². The van der Waals surface area contributed by atoms with Crippen molar-refractivity contribution in [1.82, 2.24) is 10.3 Å². The highest BCUT2D eigenvalue weighted by Gasteiger charge is 2.19. The Morgan fingerprint density at radius 1 is 1.40 bits per heavy atom. The Bertz CT molecular complexity index is 831. The maximum Gasteiger partial charge on any atom is 0.311 e. The summed E-state index contributed by atoms with van der Waals surface area (Å²) in [5.41, 5.74) is 1.61. The Morgan fingerprint density at radius 2 is 2.16 bits per heavy atom. The summed E-state index contributed by atoms with van der Waals surface area (Å²) in [6.45, 7) is 2.12. The number of thioether (sulfide) groups is 1. The number of carbonyl (C=O) groups excluding carboxylic acids is 2. The molecule has 2 heterocycles. The largest absolute Gasteiger partial charge is 0.466 e. The summed E-state index contributed by atoms with van der Waals surface area (Å²) in [5, 5.41) is 4.92. The first-order valence-corrected chi connectivity index (χ1v) is 9.78. The molecule has 0 radical (unpaired) electrons. The Morgan fingerprint density at radius 3 is 2.80 bits per heavy atom. The van der Waals surface area contributed by atoms with E-state index in [0.29, 0.717) is 17.4 Å². The van der Waals surface area contributed by atoms with Crippen LogP contribution in [-0.4, -0.2) is 29.2 Å². The van der Waals surface area contributed by atoms with Crippen molar-refractivity contribution in [3.05, 3.63) is 44.2 Å². The number of thiazole rings is 1. The fraction of sp³-hybridized carbons (Fsp3) is 0.235. The van der Waals surface area contributed by atoms with Gasteiger partial charge in [0, 0.05) is 21.5 Å². The van der Waals surface area contributed by atoms with E-state index in [1.54, 1.807) is 19.1 Å². The molecule has 0 saturated carbocycles. The number of hydrogen-bond acceptors (Lipinski definition) is 6. The highest BCUT2D eigenvalue weighted by molar-refractivity contribution is 8.04. The summed E-state index contributed by atoms with van der Waals surface area (Å²) in [7, 11) is 0. The molecule has 0 aliphatic carbocycles. The predicted octanol–water partition coefficient (Wildman–Crippen LogP) is 3.73. The van der Waals surface area contributed by atoms with Crippen molar-refractivity contribution in [2.75, 3.05) is 12.4 Å². The minimum absolute atomic E-state index is 0.0162. The molecular formula is C17H15ClN2O3S2. The molecule has 130 valence electrons. The van der Waals surface area contributed by atoms with Crippen molar-refractivity contribution in [3.63, 3.8) is 0 Å². The average molecular weight is 395 g/mol.